The smallest absolute Gasteiger partial charge is 0.218 e. The summed E-state index contributed by atoms with van der Waals surface area (Å²) in [5, 5.41) is -0.0342. The van der Waals surface area contributed by atoms with Crippen molar-refractivity contribution in [1.82, 2.24) is 4.98 Å². The Morgan fingerprint density at radius 3 is 2.54 bits per heavy atom. The van der Waals surface area contributed by atoms with Gasteiger partial charge in [-0.1, -0.05) is 31.7 Å². The molecule has 1 aromatic heterocycles. The lowest BCUT2D eigenvalue weighted by Crippen LogP contribution is -2.14. The molecule has 3 rings (SSSR count). The maximum atomic E-state index is 12.1. The van der Waals surface area contributed by atoms with Gasteiger partial charge in [0.05, 0.1) is 5.25 Å². The molecule has 0 aliphatic carbocycles. The normalized spacial score (nSPS) is 16.7. The number of carbonyl (C=O) groups is 2. The van der Waals surface area contributed by atoms with Crippen LogP contribution in [-0.4, -0.2) is 28.4 Å². The Hall–Kier alpha value is -2.40. The lowest BCUT2D eigenvalue weighted by Gasteiger charge is -2.09. The van der Waals surface area contributed by atoms with Crippen LogP contribution in [0.2, 0.25) is 0 Å². The van der Waals surface area contributed by atoms with Gasteiger partial charge in [-0.2, -0.15) is 0 Å². The molecule has 0 N–H and O–H groups in total. The first kappa shape index (κ1) is 18.4. The number of ether oxygens (including phenoxy) is 1. The lowest BCUT2D eigenvalue weighted by atomic mass is 10.1. The van der Waals surface area contributed by atoms with Crippen LogP contribution in [0.25, 0.3) is 0 Å². The van der Waals surface area contributed by atoms with Crippen molar-refractivity contribution in [3.8, 4) is 5.75 Å². The Bertz CT molecular complexity index is 812. The first-order valence-electron chi connectivity index (χ1n) is 8.62. The monoisotopic (exact) mass is 367 g/mol. The molecule has 5 heteroatoms. The maximum absolute atomic E-state index is 12.1. The fraction of sp³-hybridized carbons (Fsp3) is 0.286. The van der Waals surface area contributed by atoms with Crippen molar-refractivity contribution >= 4 is 23.3 Å². The van der Waals surface area contributed by atoms with E-state index in [0.29, 0.717) is 24.3 Å². The van der Waals surface area contributed by atoms with E-state index in [1.807, 2.05) is 37.3 Å². The van der Waals surface area contributed by atoms with E-state index in [1.165, 1.54) is 0 Å². The van der Waals surface area contributed by atoms with Gasteiger partial charge in [0.2, 0.25) is 5.78 Å². The Morgan fingerprint density at radius 1 is 1.23 bits per heavy atom. The third-order valence-electron chi connectivity index (χ3n) is 4.27. The van der Waals surface area contributed by atoms with Crippen LogP contribution in [0.3, 0.4) is 0 Å². The number of aryl methyl sites for hydroxylation is 1. The van der Waals surface area contributed by atoms with Gasteiger partial charge < -0.3 is 4.74 Å². The average Bonchev–Trinajstić information content (AvgIpc) is 2.98. The van der Waals surface area contributed by atoms with Crippen molar-refractivity contribution in [3.63, 3.8) is 0 Å². The van der Waals surface area contributed by atoms with Crippen LogP contribution in [-0.2, 0) is 17.6 Å². The van der Waals surface area contributed by atoms with E-state index in [1.54, 1.807) is 24.0 Å². The number of carbonyl (C=O) groups excluding carboxylic acids is 2. The van der Waals surface area contributed by atoms with Gasteiger partial charge in [-0.15, -0.1) is 11.8 Å². The molecule has 1 atom stereocenters. The van der Waals surface area contributed by atoms with Crippen molar-refractivity contribution in [2.75, 3.05) is 6.61 Å². The molecule has 1 saturated heterocycles. The second-order valence-corrected chi connectivity index (χ2v) is 7.64. The number of ketones is 2. The van der Waals surface area contributed by atoms with Gasteiger partial charge in [-0.25, -0.2) is 0 Å². The van der Waals surface area contributed by atoms with Crippen LogP contribution in [0.15, 0.2) is 54.1 Å². The van der Waals surface area contributed by atoms with E-state index in [4.69, 9.17) is 4.74 Å². The van der Waals surface area contributed by atoms with Crippen LogP contribution < -0.4 is 4.74 Å². The molecule has 2 heterocycles. The summed E-state index contributed by atoms with van der Waals surface area (Å²) in [5.74, 6) is 0.720. The summed E-state index contributed by atoms with van der Waals surface area (Å²) in [4.78, 5) is 29.1. The van der Waals surface area contributed by atoms with Crippen molar-refractivity contribution in [1.29, 1.82) is 0 Å². The molecular formula is C21H21NO3S. The average molecular weight is 367 g/mol. The molecule has 0 saturated carbocycles. The van der Waals surface area contributed by atoms with Gasteiger partial charge >= 0.3 is 0 Å². The molecule has 0 radical (unpaired) electrons. The summed E-state index contributed by atoms with van der Waals surface area (Å²) in [5.41, 5.74) is 2.58. The van der Waals surface area contributed by atoms with E-state index in [-0.39, 0.29) is 23.4 Å². The number of pyridine rings is 1. The zero-order chi connectivity index (χ0) is 18.5. The van der Waals surface area contributed by atoms with Gasteiger partial charge in [0, 0.05) is 12.6 Å². The Labute approximate surface area is 157 Å². The fourth-order valence-corrected chi connectivity index (χ4v) is 3.85. The van der Waals surface area contributed by atoms with E-state index in [0.717, 1.165) is 22.5 Å². The largest absolute Gasteiger partial charge is 0.485 e. The Balaban J connectivity index is 1.53. The third kappa shape index (κ3) is 4.61. The minimum absolute atomic E-state index is 0.0342. The molecule has 4 nitrogen and oxygen atoms in total. The highest BCUT2D eigenvalue weighted by Crippen LogP contribution is 2.35. The second-order valence-electron chi connectivity index (χ2n) is 6.25. The highest BCUT2D eigenvalue weighted by atomic mass is 32.2. The summed E-state index contributed by atoms with van der Waals surface area (Å²) in [7, 11) is 0. The van der Waals surface area contributed by atoms with Gasteiger partial charge in [0.25, 0.3) is 0 Å². The summed E-state index contributed by atoms with van der Waals surface area (Å²) < 4.78 is 5.57. The third-order valence-corrected chi connectivity index (χ3v) is 5.46. The summed E-state index contributed by atoms with van der Waals surface area (Å²) in [6, 6.07) is 11.2. The van der Waals surface area contributed by atoms with E-state index >= 15 is 0 Å². The predicted molar refractivity (Wildman–Crippen MR) is 104 cm³/mol. The van der Waals surface area contributed by atoms with E-state index in [2.05, 4.69) is 11.6 Å². The van der Waals surface area contributed by atoms with Crippen molar-refractivity contribution in [2.24, 2.45) is 0 Å². The molecule has 0 amide bonds. The van der Waals surface area contributed by atoms with E-state index in [9.17, 15) is 9.59 Å². The molecule has 1 aliphatic heterocycles. The number of rotatable bonds is 7. The minimum atomic E-state index is -0.150. The highest BCUT2D eigenvalue weighted by molar-refractivity contribution is 8.04. The zero-order valence-electron chi connectivity index (χ0n) is 14.7. The predicted octanol–water partition coefficient (Wildman–Crippen LogP) is 4.04. The molecular weight excluding hydrogens is 346 g/mol. The van der Waals surface area contributed by atoms with Crippen molar-refractivity contribution in [3.05, 3.63) is 70.9 Å². The summed E-state index contributed by atoms with van der Waals surface area (Å²) in [6.45, 7) is 5.87. The number of aromatic nitrogens is 1. The number of benzene rings is 1. The van der Waals surface area contributed by atoms with Gasteiger partial charge in [0.1, 0.15) is 11.4 Å². The molecule has 1 unspecified atom stereocenters. The van der Waals surface area contributed by atoms with Crippen LogP contribution in [0.1, 0.15) is 35.0 Å². The minimum Gasteiger partial charge on any atom is -0.485 e. The number of hydrogen-bond donors (Lipinski definition) is 0. The first-order chi connectivity index (χ1) is 12.5. The standard InChI is InChI=1S/C21H21NO3S/c1-3-15-6-9-18(22-12-15)20(24)13-25-17-7-4-16(5-8-17)11-21-19(23)10-14(2)26-21/h4-9,12,21H,2-3,10-11,13H2,1H3. The number of thioether (sulfide) groups is 1. The Morgan fingerprint density at radius 2 is 1.96 bits per heavy atom. The topological polar surface area (TPSA) is 56.3 Å². The quantitative estimate of drug-likeness (QED) is 0.692. The van der Waals surface area contributed by atoms with Crippen LogP contribution in [0.4, 0.5) is 0 Å². The number of hydrogen-bond acceptors (Lipinski definition) is 5. The van der Waals surface area contributed by atoms with Crippen molar-refractivity contribution in [2.45, 2.75) is 31.4 Å². The number of Topliss-reactive ketones (excluding diaryl/α,β-unsaturated/α-hetero) is 2. The molecule has 26 heavy (non-hydrogen) atoms. The second kappa shape index (κ2) is 8.32. The highest BCUT2D eigenvalue weighted by Gasteiger charge is 2.27. The Kier molecular flexibility index (Phi) is 5.89. The summed E-state index contributed by atoms with van der Waals surface area (Å²) in [6.07, 6.45) is 3.78. The van der Waals surface area contributed by atoms with Crippen LogP contribution in [0.5, 0.6) is 5.75 Å². The molecule has 134 valence electrons. The molecule has 1 aromatic carbocycles. The molecule has 1 aliphatic rings. The fourth-order valence-electron chi connectivity index (χ4n) is 2.73. The zero-order valence-corrected chi connectivity index (χ0v) is 15.6. The molecule has 0 spiro atoms. The maximum Gasteiger partial charge on any atom is 0.218 e. The van der Waals surface area contributed by atoms with E-state index < -0.39 is 0 Å². The number of nitrogens with zero attached hydrogens (tertiary/aromatic N) is 1. The molecule has 2 aromatic rings. The summed E-state index contributed by atoms with van der Waals surface area (Å²) >= 11 is 1.56. The van der Waals surface area contributed by atoms with Crippen LogP contribution in [0, 0.1) is 0 Å². The molecule has 0 bridgehead atoms. The van der Waals surface area contributed by atoms with Gasteiger partial charge in [0.15, 0.2) is 12.4 Å². The van der Waals surface area contributed by atoms with Crippen molar-refractivity contribution < 1.29 is 14.3 Å². The van der Waals surface area contributed by atoms with Crippen LogP contribution >= 0.6 is 11.8 Å². The molecule has 1 fully saturated rings. The SMILES string of the molecule is C=C1CC(=O)C(Cc2ccc(OCC(=O)c3ccc(CC)cn3)cc2)S1. The number of allylic oxidation sites excluding steroid dienone is 1. The van der Waals surface area contributed by atoms with Gasteiger partial charge in [-0.05, 0) is 47.1 Å². The first-order valence-corrected chi connectivity index (χ1v) is 9.50. The van der Waals surface area contributed by atoms with Gasteiger partial charge in [-0.3, -0.25) is 14.6 Å². The lowest BCUT2D eigenvalue weighted by molar-refractivity contribution is -0.117.